The summed E-state index contributed by atoms with van der Waals surface area (Å²) in [6, 6.07) is 15.1. The van der Waals surface area contributed by atoms with Crippen LogP contribution in [0.25, 0.3) is 6.08 Å². The van der Waals surface area contributed by atoms with E-state index in [1.807, 2.05) is 66.4 Å². The van der Waals surface area contributed by atoms with Gasteiger partial charge in [-0.15, -0.1) is 0 Å². The van der Waals surface area contributed by atoms with Gasteiger partial charge in [0.2, 0.25) is 5.89 Å². The summed E-state index contributed by atoms with van der Waals surface area (Å²) >= 11 is 0. The lowest BCUT2D eigenvalue weighted by Crippen LogP contribution is -2.39. The van der Waals surface area contributed by atoms with Gasteiger partial charge in [-0.1, -0.05) is 63.2 Å². The Morgan fingerprint density at radius 3 is 2.71 bits per heavy atom. The molecule has 0 fully saturated rings. The zero-order valence-corrected chi connectivity index (χ0v) is 21.0. The van der Waals surface area contributed by atoms with Crippen molar-refractivity contribution in [1.82, 2.24) is 9.88 Å². The van der Waals surface area contributed by atoms with Crippen LogP contribution in [0.3, 0.4) is 0 Å². The van der Waals surface area contributed by atoms with Crippen LogP contribution in [0, 0.1) is 12.3 Å². The first-order valence-electron chi connectivity index (χ1n) is 12.1. The Morgan fingerprint density at radius 2 is 2.00 bits per heavy atom. The maximum absolute atomic E-state index is 12.3. The van der Waals surface area contributed by atoms with Gasteiger partial charge in [0.1, 0.15) is 17.6 Å². The van der Waals surface area contributed by atoms with Crippen molar-refractivity contribution >= 4 is 12.0 Å². The summed E-state index contributed by atoms with van der Waals surface area (Å²) in [4.78, 5) is 18.9. The number of carbonyl (C=O) groups is 1. The van der Waals surface area contributed by atoms with Gasteiger partial charge in [-0.2, -0.15) is 0 Å². The van der Waals surface area contributed by atoms with Gasteiger partial charge in [-0.3, -0.25) is 9.69 Å². The number of aromatic nitrogens is 1. The van der Waals surface area contributed by atoms with Crippen molar-refractivity contribution in [2.75, 3.05) is 13.2 Å². The molecule has 35 heavy (non-hydrogen) atoms. The Hall–Kier alpha value is -3.38. The third kappa shape index (κ3) is 6.40. The number of rotatable bonds is 8. The first kappa shape index (κ1) is 24.7. The van der Waals surface area contributed by atoms with E-state index in [0.717, 1.165) is 34.6 Å². The van der Waals surface area contributed by atoms with E-state index in [2.05, 4.69) is 31.8 Å². The molecule has 1 atom stereocenters. The summed E-state index contributed by atoms with van der Waals surface area (Å²) in [7, 11) is 0. The number of carboxylic acids is 1. The predicted molar refractivity (Wildman–Crippen MR) is 136 cm³/mol. The van der Waals surface area contributed by atoms with Crippen molar-refractivity contribution < 1.29 is 19.1 Å². The second-order valence-corrected chi connectivity index (χ2v) is 10.2. The summed E-state index contributed by atoms with van der Waals surface area (Å²) in [5.41, 5.74) is 3.91. The Balaban J connectivity index is 1.44. The van der Waals surface area contributed by atoms with Crippen LogP contribution in [0.2, 0.25) is 0 Å². The minimum atomic E-state index is -0.840. The number of nitrogens with zero attached hydrogens (tertiary/aromatic N) is 2. The van der Waals surface area contributed by atoms with E-state index >= 15 is 0 Å². The fourth-order valence-corrected chi connectivity index (χ4v) is 4.35. The smallest absolute Gasteiger partial charge is 0.325 e. The lowest BCUT2D eigenvalue weighted by molar-refractivity contribution is -0.144. The summed E-state index contributed by atoms with van der Waals surface area (Å²) in [6.07, 6.45) is 5.41. The Morgan fingerprint density at radius 1 is 1.23 bits per heavy atom. The summed E-state index contributed by atoms with van der Waals surface area (Å²) in [5, 5.41) is 10.1. The third-order valence-electron chi connectivity index (χ3n) is 6.15. The van der Waals surface area contributed by atoms with Gasteiger partial charge in [-0.25, -0.2) is 4.98 Å². The van der Waals surface area contributed by atoms with Crippen LogP contribution >= 0.6 is 0 Å². The number of hydrogen-bond donors (Lipinski definition) is 1. The molecule has 184 valence electrons. The largest absolute Gasteiger partial charge is 0.493 e. The highest BCUT2D eigenvalue weighted by Gasteiger charge is 2.33. The van der Waals surface area contributed by atoms with Crippen LogP contribution in [0.5, 0.6) is 5.75 Å². The molecule has 0 spiro atoms. The molecule has 3 aromatic rings. The maximum atomic E-state index is 12.3. The fourth-order valence-electron chi connectivity index (χ4n) is 4.35. The number of hydrogen-bond acceptors (Lipinski definition) is 5. The van der Waals surface area contributed by atoms with E-state index < -0.39 is 12.0 Å². The molecule has 1 unspecified atom stereocenters. The quantitative estimate of drug-likeness (QED) is 0.442. The van der Waals surface area contributed by atoms with Crippen LogP contribution in [-0.2, 0) is 24.2 Å². The Kier molecular flexibility index (Phi) is 7.41. The van der Waals surface area contributed by atoms with Crippen LogP contribution in [0.4, 0.5) is 0 Å². The molecule has 1 aliphatic rings. The number of carboxylic acid groups (broad SMARTS) is 1. The monoisotopic (exact) mass is 474 g/mol. The normalized spacial score (nSPS) is 16.4. The predicted octanol–water partition coefficient (Wildman–Crippen LogP) is 5.85. The molecule has 1 aromatic heterocycles. The molecular formula is C29H34N2O4. The van der Waals surface area contributed by atoms with Crippen LogP contribution < -0.4 is 4.74 Å². The number of allylic oxidation sites excluding steroid dienone is 1. The van der Waals surface area contributed by atoms with E-state index in [1.165, 1.54) is 0 Å². The number of aryl methyl sites for hydroxylation is 1. The highest BCUT2D eigenvalue weighted by Crippen LogP contribution is 2.34. The molecule has 0 bridgehead atoms. The lowest BCUT2D eigenvalue weighted by Gasteiger charge is -2.35. The molecule has 1 N–H and O–H groups in total. The highest BCUT2D eigenvalue weighted by atomic mass is 16.5. The molecule has 2 aromatic carbocycles. The zero-order chi connectivity index (χ0) is 25.0. The van der Waals surface area contributed by atoms with Gasteiger partial charge in [0.05, 0.1) is 12.3 Å². The molecule has 2 heterocycles. The minimum Gasteiger partial charge on any atom is -0.493 e. The van der Waals surface area contributed by atoms with Gasteiger partial charge in [-0.05, 0) is 53.7 Å². The van der Waals surface area contributed by atoms with Crippen molar-refractivity contribution in [3.05, 3.63) is 88.6 Å². The first-order valence-corrected chi connectivity index (χ1v) is 12.1. The number of fused-ring (bicyclic) bond motifs is 1. The SMILES string of the molecule is Cc1oc(/C=C/C(C)(C)C)nc1CCOc1ccc2c(c1)C(C(=O)O)N(Cc1ccccc1)CC2. The second kappa shape index (κ2) is 10.5. The van der Waals surface area contributed by atoms with E-state index in [1.54, 1.807) is 0 Å². The molecule has 1 aliphatic heterocycles. The van der Waals surface area contributed by atoms with E-state index in [9.17, 15) is 9.90 Å². The van der Waals surface area contributed by atoms with Crippen LogP contribution in [0.15, 0.2) is 59.0 Å². The van der Waals surface area contributed by atoms with Crippen LogP contribution in [-0.4, -0.2) is 34.1 Å². The number of oxazole rings is 1. The average Bonchev–Trinajstić information content (AvgIpc) is 3.17. The van der Waals surface area contributed by atoms with Gasteiger partial charge in [0, 0.05) is 19.5 Å². The van der Waals surface area contributed by atoms with Crippen LogP contribution in [0.1, 0.15) is 60.8 Å². The second-order valence-electron chi connectivity index (χ2n) is 10.2. The minimum absolute atomic E-state index is 0.0581. The Bertz CT molecular complexity index is 1190. The highest BCUT2D eigenvalue weighted by molar-refractivity contribution is 5.77. The van der Waals surface area contributed by atoms with E-state index in [0.29, 0.717) is 37.8 Å². The lowest BCUT2D eigenvalue weighted by atomic mass is 9.92. The average molecular weight is 475 g/mol. The fraction of sp³-hybridized carbons (Fsp3) is 0.379. The summed E-state index contributed by atoms with van der Waals surface area (Å²) in [6.45, 7) is 10.0. The van der Waals surface area contributed by atoms with Crippen molar-refractivity contribution in [1.29, 1.82) is 0 Å². The molecule has 0 saturated carbocycles. The van der Waals surface area contributed by atoms with Crippen molar-refractivity contribution in [2.45, 2.75) is 53.1 Å². The van der Waals surface area contributed by atoms with Crippen molar-refractivity contribution in [3.63, 3.8) is 0 Å². The topological polar surface area (TPSA) is 75.8 Å². The summed E-state index contributed by atoms with van der Waals surface area (Å²) in [5.74, 6) is 1.22. The number of benzene rings is 2. The summed E-state index contributed by atoms with van der Waals surface area (Å²) < 4.78 is 11.8. The Labute approximate surface area is 207 Å². The van der Waals surface area contributed by atoms with Crippen molar-refractivity contribution in [2.24, 2.45) is 5.41 Å². The van der Waals surface area contributed by atoms with E-state index in [-0.39, 0.29) is 5.41 Å². The first-order chi connectivity index (χ1) is 16.7. The molecule has 0 radical (unpaired) electrons. The van der Waals surface area contributed by atoms with Gasteiger partial charge >= 0.3 is 5.97 Å². The third-order valence-corrected chi connectivity index (χ3v) is 6.15. The van der Waals surface area contributed by atoms with Gasteiger partial charge in [0.15, 0.2) is 0 Å². The molecule has 6 nitrogen and oxygen atoms in total. The van der Waals surface area contributed by atoms with E-state index in [4.69, 9.17) is 9.15 Å². The molecule has 6 heteroatoms. The molecule has 0 saturated heterocycles. The zero-order valence-electron chi connectivity index (χ0n) is 21.0. The number of ether oxygens (including phenoxy) is 1. The maximum Gasteiger partial charge on any atom is 0.325 e. The standard InChI is InChI=1S/C29H34N2O4/c1-20-25(30-26(35-20)12-15-29(2,3)4)14-17-34-23-11-10-22-13-16-31(19-21-8-6-5-7-9-21)27(28(32)33)24(22)18-23/h5-12,15,18,27H,13-14,16-17,19H2,1-4H3,(H,32,33)/b15-12+. The van der Waals surface area contributed by atoms with Crippen molar-refractivity contribution in [3.8, 4) is 5.75 Å². The van der Waals surface area contributed by atoms with Gasteiger partial charge in [0.25, 0.3) is 0 Å². The molecular weight excluding hydrogens is 440 g/mol. The molecule has 4 rings (SSSR count). The molecule has 0 amide bonds. The van der Waals surface area contributed by atoms with Gasteiger partial charge < -0.3 is 14.3 Å². The number of aliphatic carboxylic acids is 1. The molecule has 0 aliphatic carbocycles.